The van der Waals surface area contributed by atoms with Gasteiger partial charge in [-0.15, -0.1) is 0 Å². The van der Waals surface area contributed by atoms with Crippen molar-refractivity contribution in [2.24, 2.45) is 28.7 Å². The number of nitrogens with two attached hydrogens (primary N) is 5. The zero-order chi connectivity index (χ0) is 31.1. The first-order chi connectivity index (χ1) is 20.0. The van der Waals surface area contributed by atoms with Crippen molar-refractivity contribution >= 4 is 0 Å². The van der Waals surface area contributed by atoms with Crippen LogP contribution in [0.1, 0.15) is 12.8 Å². The first-order valence-electron chi connectivity index (χ1n) is 14.4. The lowest BCUT2D eigenvalue weighted by Gasteiger charge is -2.49. The van der Waals surface area contributed by atoms with E-state index in [2.05, 4.69) is 10.6 Å². The molecular weight excluding hydrogens is 562 g/mol. The molecule has 0 aromatic carbocycles. The summed E-state index contributed by atoms with van der Waals surface area (Å²) in [7, 11) is 0. The Labute approximate surface area is 244 Å². The van der Waals surface area contributed by atoms with E-state index in [1.807, 2.05) is 0 Å². The van der Waals surface area contributed by atoms with Crippen LogP contribution in [0.3, 0.4) is 0 Å². The summed E-state index contributed by atoms with van der Waals surface area (Å²) in [4.78, 5) is 0. The molecule has 18 nitrogen and oxygen atoms in total. The summed E-state index contributed by atoms with van der Waals surface area (Å²) in [6.45, 7) is 0.0129. The average Bonchev–Trinajstić information content (AvgIpc) is 2.98. The second kappa shape index (κ2) is 16.5. The maximum Gasteiger partial charge on any atom is 0.186 e. The minimum Gasteiger partial charge on any atom is -0.394 e. The Balaban J connectivity index is 1.84. The zero-order valence-corrected chi connectivity index (χ0v) is 23.5. The molecule has 42 heavy (non-hydrogen) atoms. The predicted octanol–water partition coefficient (Wildman–Crippen LogP) is -8.39. The largest absolute Gasteiger partial charge is 0.394 e. The van der Waals surface area contributed by atoms with Crippen LogP contribution in [0.15, 0.2) is 0 Å². The highest BCUT2D eigenvalue weighted by molar-refractivity contribution is 5.03. The van der Waals surface area contributed by atoms with Gasteiger partial charge < -0.3 is 94.0 Å². The van der Waals surface area contributed by atoms with Crippen molar-refractivity contribution in [3.8, 4) is 0 Å². The molecule has 1 saturated carbocycles. The molecule has 0 aromatic rings. The molecule has 19 N–H and O–H groups in total. The number of aliphatic hydroxyl groups is 7. The summed E-state index contributed by atoms with van der Waals surface area (Å²) in [6, 6.07) is -3.69. The molecule has 0 amide bonds. The molecule has 3 rings (SSSR count). The van der Waals surface area contributed by atoms with Crippen molar-refractivity contribution in [3.63, 3.8) is 0 Å². The van der Waals surface area contributed by atoms with Gasteiger partial charge in [-0.25, -0.2) is 0 Å². The first kappa shape index (κ1) is 35.8. The summed E-state index contributed by atoms with van der Waals surface area (Å²) < 4.78 is 23.6. The fourth-order valence-electron chi connectivity index (χ4n) is 5.53. The molecule has 248 valence electrons. The Morgan fingerprint density at radius 2 is 1.48 bits per heavy atom. The molecule has 1 aliphatic carbocycles. The summed E-state index contributed by atoms with van der Waals surface area (Å²) in [5.41, 5.74) is 29.2. The summed E-state index contributed by atoms with van der Waals surface area (Å²) in [5.74, 6) is 0. The monoisotopic (exact) mass is 613 g/mol. The van der Waals surface area contributed by atoms with Gasteiger partial charge in [0.1, 0.15) is 54.9 Å². The average molecular weight is 614 g/mol. The van der Waals surface area contributed by atoms with E-state index in [4.69, 9.17) is 47.6 Å². The number of rotatable bonds is 14. The van der Waals surface area contributed by atoms with Gasteiger partial charge in [-0.3, -0.25) is 0 Å². The van der Waals surface area contributed by atoms with E-state index in [0.717, 1.165) is 0 Å². The van der Waals surface area contributed by atoms with Gasteiger partial charge in [0.15, 0.2) is 12.6 Å². The van der Waals surface area contributed by atoms with Crippen LogP contribution < -0.4 is 39.3 Å². The first-order valence-corrected chi connectivity index (χ1v) is 14.4. The van der Waals surface area contributed by atoms with Gasteiger partial charge in [0.25, 0.3) is 0 Å². The van der Waals surface area contributed by atoms with E-state index in [1.54, 1.807) is 0 Å². The molecule has 3 fully saturated rings. The minimum absolute atomic E-state index is 0.0265. The predicted molar refractivity (Wildman–Crippen MR) is 146 cm³/mol. The molecule has 2 saturated heterocycles. The van der Waals surface area contributed by atoms with E-state index in [-0.39, 0.29) is 26.1 Å². The van der Waals surface area contributed by atoms with Crippen molar-refractivity contribution in [1.82, 2.24) is 10.6 Å². The second-order valence-electron chi connectivity index (χ2n) is 11.2. The zero-order valence-electron chi connectivity index (χ0n) is 23.5. The number of aliphatic hydroxyl groups excluding tert-OH is 7. The highest BCUT2D eigenvalue weighted by Gasteiger charge is 2.52. The van der Waals surface area contributed by atoms with Crippen LogP contribution in [-0.2, 0) is 18.9 Å². The number of ether oxygens (including phenoxy) is 4. The van der Waals surface area contributed by atoms with Crippen molar-refractivity contribution in [1.29, 1.82) is 0 Å². The van der Waals surface area contributed by atoms with Crippen LogP contribution in [0.2, 0.25) is 0 Å². The molecular formula is C24H51N7O11. The van der Waals surface area contributed by atoms with Crippen LogP contribution in [0.4, 0.5) is 0 Å². The van der Waals surface area contributed by atoms with Gasteiger partial charge in [-0.1, -0.05) is 0 Å². The molecule has 16 atom stereocenters. The Morgan fingerprint density at radius 1 is 0.810 bits per heavy atom. The quantitative estimate of drug-likeness (QED) is 0.0808. The highest BCUT2D eigenvalue weighted by Crippen LogP contribution is 2.32. The summed E-state index contributed by atoms with van der Waals surface area (Å²) >= 11 is 0. The maximum absolute atomic E-state index is 11.6. The molecule has 2 heterocycles. The number of hydrogen-bond acceptors (Lipinski definition) is 18. The van der Waals surface area contributed by atoms with Crippen LogP contribution in [0.5, 0.6) is 0 Å². The van der Waals surface area contributed by atoms with Crippen molar-refractivity contribution < 1.29 is 54.7 Å². The third-order valence-electron chi connectivity index (χ3n) is 8.12. The molecule has 0 spiro atoms. The smallest absolute Gasteiger partial charge is 0.186 e. The standard InChI is InChI=1S/C24H51N7O11/c25-2-1-3-30-15-19(37)17(35)12(6-27)39-23(15)41-21-10(28)4-11(31-7-9(33)5-26)22(20(21)38)42-24-18(36)14(29)16(34)13(8-32)40-24/h9-24,30-38H,1-8,25-29H2/t9?,10-,11+,12+,13+,14-,15+,16+,17+,18+,19+,20-,21?,22-,23+,24+/m0/s1. The number of hydrogen-bond donors (Lipinski definition) is 14. The third-order valence-corrected chi connectivity index (χ3v) is 8.12. The molecule has 18 heteroatoms. The van der Waals surface area contributed by atoms with Crippen molar-refractivity contribution in [2.45, 2.75) is 111 Å². The lowest BCUT2D eigenvalue weighted by molar-refractivity contribution is -0.321. The van der Waals surface area contributed by atoms with Gasteiger partial charge in [-0.2, -0.15) is 0 Å². The van der Waals surface area contributed by atoms with E-state index < -0.39 is 104 Å². The molecule has 0 radical (unpaired) electrons. The number of nitrogens with one attached hydrogen (secondary N) is 2. The van der Waals surface area contributed by atoms with Gasteiger partial charge in [-0.05, 0) is 25.9 Å². The van der Waals surface area contributed by atoms with Gasteiger partial charge in [0, 0.05) is 31.7 Å². The SMILES string of the molecule is NCCCN[C@H]1[C@@H](OC2[C@@H](N)C[C@@H](NCC(O)CN)[C@H](O[C@H]3O[C@H](CO)[C@@H](O)[C@H](N)[C@H]3O)[C@H]2O)O[C@H](CN)[C@@H](O)[C@@H]1O. The fraction of sp³-hybridized carbons (Fsp3) is 1.00. The molecule has 0 aromatic heterocycles. The Bertz CT molecular complexity index is 795. The Kier molecular flexibility index (Phi) is 14.1. The van der Waals surface area contributed by atoms with Crippen LogP contribution in [0, 0.1) is 0 Å². The van der Waals surface area contributed by atoms with E-state index in [1.165, 1.54) is 0 Å². The lowest BCUT2D eigenvalue weighted by atomic mass is 9.83. The van der Waals surface area contributed by atoms with Crippen molar-refractivity contribution in [2.75, 3.05) is 39.3 Å². The van der Waals surface area contributed by atoms with Gasteiger partial charge in [0.2, 0.25) is 0 Å². The Hall–Kier alpha value is -0.720. The van der Waals surface area contributed by atoms with E-state index in [0.29, 0.717) is 19.5 Å². The topological polar surface area (TPSA) is 333 Å². The van der Waals surface area contributed by atoms with Crippen molar-refractivity contribution in [3.05, 3.63) is 0 Å². The Morgan fingerprint density at radius 3 is 2.10 bits per heavy atom. The van der Waals surface area contributed by atoms with Gasteiger partial charge in [0.05, 0.1) is 24.8 Å². The summed E-state index contributed by atoms with van der Waals surface area (Å²) in [5, 5.41) is 79.5. The van der Waals surface area contributed by atoms with E-state index >= 15 is 0 Å². The highest BCUT2D eigenvalue weighted by atomic mass is 16.7. The van der Waals surface area contributed by atoms with Crippen LogP contribution >= 0.6 is 0 Å². The lowest BCUT2D eigenvalue weighted by Crippen LogP contribution is -2.70. The van der Waals surface area contributed by atoms with Gasteiger partial charge >= 0.3 is 0 Å². The summed E-state index contributed by atoms with van der Waals surface area (Å²) in [6.07, 6.45) is -14.4. The van der Waals surface area contributed by atoms with Crippen LogP contribution in [-0.4, -0.2) is 173 Å². The normalized spacial score (nSPS) is 45.6. The second-order valence-corrected chi connectivity index (χ2v) is 11.2. The molecule has 2 aliphatic heterocycles. The maximum atomic E-state index is 11.6. The minimum atomic E-state index is -1.53. The van der Waals surface area contributed by atoms with E-state index in [9.17, 15) is 35.7 Å². The molecule has 2 unspecified atom stereocenters. The molecule has 0 bridgehead atoms. The van der Waals surface area contributed by atoms with Crippen LogP contribution in [0.25, 0.3) is 0 Å². The fourth-order valence-corrected chi connectivity index (χ4v) is 5.53. The third kappa shape index (κ3) is 8.30. The molecule has 3 aliphatic rings.